The maximum absolute atomic E-state index is 12.4. The Kier molecular flexibility index (Phi) is 6.13. The summed E-state index contributed by atoms with van der Waals surface area (Å²) in [5.41, 5.74) is 6.26. The Morgan fingerprint density at radius 2 is 1.80 bits per heavy atom. The third kappa shape index (κ3) is 4.44. The first-order valence-corrected chi connectivity index (χ1v) is 11.7. The second-order valence-corrected chi connectivity index (χ2v) is 9.13. The molecule has 1 saturated heterocycles. The van der Waals surface area contributed by atoms with Gasteiger partial charge in [0.2, 0.25) is 0 Å². The Hall–Kier alpha value is -3.91. The Bertz CT molecular complexity index is 1370. The number of fused-ring (bicyclic) bond motifs is 1. The van der Waals surface area contributed by atoms with Gasteiger partial charge in [-0.25, -0.2) is 4.98 Å². The molecule has 4 aromatic rings. The van der Waals surface area contributed by atoms with E-state index in [0.29, 0.717) is 5.69 Å². The normalized spacial score (nSPS) is 14.3. The zero-order valence-electron chi connectivity index (χ0n) is 20.6. The van der Waals surface area contributed by atoms with Crippen LogP contribution in [0.15, 0.2) is 55.0 Å². The van der Waals surface area contributed by atoms with Crippen LogP contribution in [-0.4, -0.2) is 85.1 Å². The number of aromatic amines is 1. The van der Waals surface area contributed by atoms with Crippen LogP contribution in [0.3, 0.4) is 0 Å². The van der Waals surface area contributed by atoms with Gasteiger partial charge in [0.25, 0.3) is 5.91 Å². The maximum atomic E-state index is 12.4. The van der Waals surface area contributed by atoms with Crippen molar-refractivity contribution in [1.82, 2.24) is 24.8 Å². The van der Waals surface area contributed by atoms with Gasteiger partial charge in [0, 0.05) is 75.4 Å². The van der Waals surface area contributed by atoms with Crippen LogP contribution < -0.4 is 9.64 Å². The summed E-state index contributed by atoms with van der Waals surface area (Å²) in [6.45, 7) is 4.05. The fourth-order valence-electron chi connectivity index (χ4n) is 4.51. The molecule has 4 heterocycles. The van der Waals surface area contributed by atoms with E-state index in [0.717, 1.165) is 70.9 Å². The quantitative estimate of drug-likeness (QED) is 0.479. The van der Waals surface area contributed by atoms with Crippen molar-refractivity contribution in [1.29, 1.82) is 0 Å². The van der Waals surface area contributed by atoms with Crippen LogP contribution >= 0.6 is 0 Å². The second-order valence-electron chi connectivity index (χ2n) is 9.13. The molecule has 1 N–H and O–H groups in total. The van der Waals surface area contributed by atoms with Crippen LogP contribution in [-0.2, 0) is 0 Å². The lowest BCUT2D eigenvalue weighted by Crippen LogP contribution is -2.44. The number of methoxy groups -OCH3 is 1. The molecular weight excluding hydrogens is 440 g/mol. The Labute approximate surface area is 205 Å². The highest BCUT2D eigenvalue weighted by Gasteiger charge is 2.19. The highest BCUT2D eigenvalue weighted by molar-refractivity contribution is 5.98. The van der Waals surface area contributed by atoms with E-state index in [-0.39, 0.29) is 5.91 Å². The third-order valence-electron chi connectivity index (χ3n) is 6.58. The van der Waals surface area contributed by atoms with Crippen molar-refractivity contribution in [3.8, 4) is 28.0 Å². The van der Waals surface area contributed by atoms with Gasteiger partial charge in [0.1, 0.15) is 17.1 Å². The molecule has 3 aromatic heterocycles. The van der Waals surface area contributed by atoms with Crippen molar-refractivity contribution in [3.63, 3.8) is 0 Å². The molecule has 0 atom stereocenters. The maximum Gasteiger partial charge on any atom is 0.271 e. The van der Waals surface area contributed by atoms with Gasteiger partial charge < -0.3 is 24.4 Å². The number of H-pyrrole nitrogens is 1. The van der Waals surface area contributed by atoms with Crippen LogP contribution in [0.1, 0.15) is 10.5 Å². The van der Waals surface area contributed by atoms with E-state index in [4.69, 9.17) is 4.74 Å². The summed E-state index contributed by atoms with van der Waals surface area (Å²) in [7, 11) is 7.33. The van der Waals surface area contributed by atoms with Crippen LogP contribution in [0.4, 0.5) is 5.69 Å². The van der Waals surface area contributed by atoms with E-state index in [9.17, 15) is 4.79 Å². The molecule has 0 radical (unpaired) electrons. The van der Waals surface area contributed by atoms with E-state index in [1.165, 1.54) is 4.90 Å². The van der Waals surface area contributed by atoms with Crippen molar-refractivity contribution in [2.24, 2.45) is 0 Å². The first-order valence-electron chi connectivity index (χ1n) is 11.7. The Morgan fingerprint density at radius 1 is 1.00 bits per heavy atom. The molecule has 0 saturated carbocycles. The number of pyridine rings is 2. The molecule has 0 bridgehead atoms. The number of hydrogen-bond donors (Lipinski definition) is 1. The zero-order chi connectivity index (χ0) is 24.5. The molecule has 35 heavy (non-hydrogen) atoms. The molecule has 1 fully saturated rings. The Balaban J connectivity index is 1.51. The molecule has 8 heteroatoms. The number of likely N-dealkylation sites (N-methyl/N-ethyl adjacent to an activating group) is 1. The van der Waals surface area contributed by atoms with Crippen molar-refractivity contribution < 1.29 is 9.53 Å². The van der Waals surface area contributed by atoms with Crippen LogP contribution in [0.2, 0.25) is 0 Å². The molecular formula is C27H30N6O2. The predicted molar refractivity (Wildman–Crippen MR) is 139 cm³/mol. The van der Waals surface area contributed by atoms with Crippen molar-refractivity contribution in [3.05, 3.63) is 60.7 Å². The minimum atomic E-state index is -0.127. The number of aromatic nitrogens is 3. The van der Waals surface area contributed by atoms with Gasteiger partial charge in [0.05, 0.1) is 12.8 Å². The smallest absolute Gasteiger partial charge is 0.271 e. The molecule has 1 aliphatic heterocycles. The van der Waals surface area contributed by atoms with E-state index < -0.39 is 0 Å². The van der Waals surface area contributed by atoms with Gasteiger partial charge in [0.15, 0.2) is 0 Å². The van der Waals surface area contributed by atoms with Crippen LogP contribution in [0.5, 0.6) is 5.75 Å². The van der Waals surface area contributed by atoms with E-state index in [1.807, 2.05) is 24.5 Å². The summed E-state index contributed by atoms with van der Waals surface area (Å²) >= 11 is 0. The fourth-order valence-corrected chi connectivity index (χ4v) is 4.51. The number of ether oxygens (including phenoxy) is 1. The number of hydrogen-bond acceptors (Lipinski definition) is 6. The molecule has 0 aliphatic carbocycles. The SMILES string of the molecule is COc1cc(-c2cnc3[nH]cc(-c4ccnc(C(=O)N(C)C)c4)c3c2)ccc1N1CCN(C)CC1. The summed E-state index contributed by atoms with van der Waals surface area (Å²) in [6.07, 6.45) is 5.47. The number of carbonyl (C=O) groups excluding carboxylic acids is 1. The highest BCUT2D eigenvalue weighted by atomic mass is 16.5. The summed E-state index contributed by atoms with van der Waals surface area (Å²) < 4.78 is 5.78. The number of anilines is 1. The molecule has 180 valence electrons. The minimum absolute atomic E-state index is 0.127. The first-order chi connectivity index (χ1) is 16.9. The minimum Gasteiger partial charge on any atom is -0.495 e. The lowest BCUT2D eigenvalue weighted by molar-refractivity contribution is 0.0822. The van der Waals surface area contributed by atoms with Crippen LogP contribution in [0, 0.1) is 0 Å². The Morgan fingerprint density at radius 3 is 2.54 bits per heavy atom. The van der Waals surface area contributed by atoms with Crippen molar-refractivity contribution >= 4 is 22.6 Å². The molecule has 1 amide bonds. The lowest BCUT2D eigenvalue weighted by atomic mass is 10.0. The topological polar surface area (TPSA) is 77.6 Å². The second kappa shape index (κ2) is 9.38. The lowest BCUT2D eigenvalue weighted by Gasteiger charge is -2.34. The molecule has 0 unspecified atom stereocenters. The van der Waals surface area contributed by atoms with Gasteiger partial charge in [-0.05, 0) is 48.5 Å². The number of nitrogens with zero attached hydrogens (tertiary/aromatic N) is 5. The average Bonchev–Trinajstić information content (AvgIpc) is 3.32. The number of carbonyl (C=O) groups is 1. The predicted octanol–water partition coefficient (Wildman–Crippen LogP) is 3.75. The van der Waals surface area contributed by atoms with E-state index in [1.54, 1.807) is 27.4 Å². The average molecular weight is 471 g/mol. The number of rotatable bonds is 5. The fraction of sp³-hybridized carbons (Fsp3) is 0.296. The summed E-state index contributed by atoms with van der Waals surface area (Å²) in [6, 6.07) is 12.2. The van der Waals surface area contributed by atoms with Crippen molar-refractivity contribution in [2.45, 2.75) is 0 Å². The molecule has 5 rings (SSSR count). The molecule has 1 aromatic carbocycles. The molecule has 1 aliphatic rings. The standard InChI is InChI=1S/C27H30N6O2/c1-31(2)27(34)23-14-19(7-8-28-23)22-17-30-26-21(22)13-20(16-29-26)18-5-6-24(25(15-18)35-4)33-11-9-32(3)10-12-33/h5-8,13-17H,9-12H2,1-4H3,(H,29,30). The number of amides is 1. The summed E-state index contributed by atoms with van der Waals surface area (Å²) in [4.78, 5) is 30.8. The summed E-state index contributed by atoms with van der Waals surface area (Å²) in [5, 5.41) is 0.985. The summed E-state index contributed by atoms with van der Waals surface area (Å²) in [5.74, 6) is 0.737. The van der Waals surface area contributed by atoms with Gasteiger partial charge in [-0.15, -0.1) is 0 Å². The largest absolute Gasteiger partial charge is 0.495 e. The first kappa shape index (κ1) is 22.9. The van der Waals surface area contributed by atoms with Gasteiger partial charge in [-0.1, -0.05) is 6.07 Å². The van der Waals surface area contributed by atoms with Gasteiger partial charge in [-0.2, -0.15) is 0 Å². The van der Waals surface area contributed by atoms with E-state index >= 15 is 0 Å². The van der Waals surface area contributed by atoms with Crippen molar-refractivity contribution in [2.75, 3.05) is 59.3 Å². The number of piperazine rings is 1. The molecule has 0 spiro atoms. The number of benzene rings is 1. The zero-order valence-corrected chi connectivity index (χ0v) is 20.6. The highest BCUT2D eigenvalue weighted by Crippen LogP contribution is 2.36. The third-order valence-corrected chi connectivity index (χ3v) is 6.58. The monoisotopic (exact) mass is 470 g/mol. The van der Waals surface area contributed by atoms with E-state index in [2.05, 4.69) is 56.1 Å². The van der Waals surface area contributed by atoms with Gasteiger partial charge in [-0.3, -0.25) is 9.78 Å². The molecule has 8 nitrogen and oxygen atoms in total. The van der Waals surface area contributed by atoms with Crippen LogP contribution in [0.25, 0.3) is 33.3 Å². The number of nitrogens with one attached hydrogen (secondary N) is 1. The van der Waals surface area contributed by atoms with Gasteiger partial charge >= 0.3 is 0 Å².